The molecule has 8 nitrogen and oxygen atoms in total. The Morgan fingerprint density at radius 1 is 1.12 bits per heavy atom. The Morgan fingerprint density at radius 2 is 1.79 bits per heavy atom. The predicted molar refractivity (Wildman–Crippen MR) is 124 cm³/mol. The second kappa shape index (κ2) is 7.20. The number of rotatable bonds is 4. The minimum Gasteiger partial charge on any atom is -0.480 e. The average Bonchev–Trinajstić information content (AvgIpc) is 3.49. The summed E-state index contributed by atoms with van der Waals surface area (Å²) in [6.45, 7) is -0.567. The van der Waals surface area contributed by atoms with Crippen molar-refractivity contribution in [3.05, 3.63) is 44.4 Å². The molecule has 3 fully saturated rings. The minimum absolute atomic E-state index is 0.00313. The molecule has 2 aromatic rings. The smallest absolute Gasteiger partial charge is 0.323 e. The van der Waals surface area contributed by atoms with Gasteiger partial charge < -0.3 is 15.0 Å². The lowest BCUT2D eigenvalue weighted by Gasteiger charge is -2.43. The second-order valence-corrected chi connectivity index (χ2v) is 11.8. The summed E-state index contributed by atoms with van der Waals surface area (Å²) in [6.07, 6.45) is 0.793. The molecule has 1 aromatic carbocycles. The number of thiazole rings is 1. The van der Waals surface area contributed by atoms with Gasteiger partial charge in [0.1, 0.15) is 6.54 Å². The first kappa shape index (κ1) is 21.0. The molecule has 2 N–H and O–H groups in total. The lowest BCUT2D eigenvalue weighted by atomic mass is 9.68. The van der Waals surface area contributed by atoms with Gasteiger partial charge in [-0.2, -0.15) is 0 Å². The molecule has 2 aliphatic carbocycles. The molecule has 1 saturated heterocycles. The van der Waals surface area contributed by atoms with Crippen LogP contribution in [0.1, 0.15) is 22.8 Å². The molecule has 172 valence electrons. The first-order valence-corrected chi connectivity index (χ1v) is 12.7. The van der Waals surface area contributed by atoms with Crippen molar-refractivity contribution in [2.24, 2.45) is 29.6 Å². The number of hydrogen-bond donors (Lipinski definition) is 2. The number of benzene rings is 1. The van der Waals surface area contributed by atoms with Gasteiger partial charge in [-0.05, 0) is 41.9 Å². The van der Waals surface area contributed by atoms with Crippen molar-refractivity contribution in [1.29, 1.82) is 0 Å². The number of amides is 2. The summed E-state index contributed by atoms with van der Waals surface area (Å²) in [5.74, 6) is -2.65. The molecule has 7 atom stereocenters. The van der Waals surface area contributed by atoms with E-state index in [4.69, 9.17) is 0 Å². The largest absolute Gasteiger partial charge is 0.480 e. The standard InChI is InChI=1S/C23H23N3O5S2/c1-25(2)10-5-3-9(4-6-10)14-15-11-7-12(18(15)32-20-19(14)33-23(31)24-20)17-16(11)21(29)26(22(17)30)8-13(27)28/h3-6,11-12,14-18H,7-8H2,1-2H3,(H,24,31)(H,27,28)/t11-,12+,14+,15+,16+,17+,18-/m1/s1. The summed E-state index contributed by atoms with van der Waals surface area (Å²) in [6, 6.07) is 8.33. The maximum Gasteiger partial charge on any atom is 0.323 e. The molecule has 2 saturated carbocycles. The molecule has 0 unspecified atom stereocenters. The Balaban J connectivity index is 1.43. The molecule has 1 aromatic heterocycles. The number of nitrogens with one attached hydrogen (secondary N) is 1. The average molecular weight is 486 g/mol. The summed E-state index contributed by atoms with van der Waals surface area (Å²) in [5, 5.41) is 10.2. The highest BCUT2D eigenvalue weighted by Gasteiger charge is 2.69. The second-order valence-electron chi connectivity index (χ2n) is 9.60. The van der Waals surface area contributed by atoms with Gasteiger partial charge in [0.05, 0.1) is 16.9 Å². The van der Waals surface area contributed by atoms with Gasteiger partial charge in [0, 0.05) is 35.8 Å². The van der Waals surface area contributed by atoms with E-state index in [9.17, 15) is 24.3 Å². The van der Waals surface area contributed by atoms with E-state index in [2.05, 4.69) is 29.2 Å². The fraction of sp³-hybridized carbons (Fsp3) is 0.478. The molecule has 4 aliphatic rings. The number of anilines is 1. The van der Waals surface area contributed by atoms with Crippen molar-refractivity contribution in [3.8, 4) is 0 Å². The number of carboxylic acids is 1. The number of hydrogen-bond acceptors (Lipinski definition) is 7. The summed E-state index contributed by atoms with van der Waals surface area (Å²) >= 11 is 2.87. The van der Waals surface area contributed by atoms with Crippen molar-refractivity contribution >= 4 is 46.6 Å². The fourth-order valence-electron chi connectivity index (χ4n) is 6.72. The summed E-state index contributed by atoms with van der Waals surface area (Å²) in [5.41, 5.74) is 2.19. The molecule has 3 heterocycles. The maximum absolute atomic E-state index is 13.2. The van der Waals surface area contributed by atoms with Crippen molar-refractivity contribution < 1.29 is 19.5 Å². The Morgan fingerprint density at radius 3 is 2.42 bits per heavy atom. The van der Waals surface area contributed by atoms with Gasteiger partial charge in [-0.1, -0.05) is 23.5 Å². The molecule has 2 bridgehead atoms. The number of nitrogens with zero attached hydrogens (tertiary/aromatic N) is 2. The molecule has 33 heavy (non-hydrogen) atoms. The quantitative estimate of drug-likeness (QED) is 0.638. The van der Waals surface area contributed by atoms with E-state index >= 15 is 0 Å². The number of H-pyrrole nitrogens is 1. The molecule has 0 spiro atoms. The molecule has 10 heteroatoms. The zero-order valence-electron chi connectivity index (χ0n) is 18.1. The highest BCUT2D eigenvalue weighted by molar-refractivity contribution is 8.00. The number of carboxylic acid groups (broad SMARTS) is 1. The molecule has 2 amide bonds. The van der Waals surface area contributed by atoms with Crippen LogP contribution in [0, 0.1) is 29.6 Å². The van der Waals surface area contributed by atoms with E-state index in [1.807, 2.05) is 19.0 Å². The fourth-order valence-corrected chi connectivity index (χ4v) is 9.61. The molecular weight excluding hydrogens is 462 g/mol. The summed E-state index contributed by atoms with van der Waals surface area (Å²) < 4.78 is 0. The van der Waals surface area contributed by atoms with Crippen LogP contribution >= 0.6 is 23.1 Å². The van der Waals surface area contributed by atoms with E-state index in [0.717, 1.165) is 32.5 Å². The highest BCUT2D eigenvalue weighted by Crippen LogP contribution is 2.68. The molecule has 2 aliphatic heterocycles. The van der Waals surface area contributed by atoms with Crippen molar-refractivity contribution in [2.45, 2.75) is 22.6 Å². The lowest BCUT2D eigenvalue weighted by Crippen LogP contribution is -2.42. The van der Waals surface area contributed by atoms with Crippen LogP contribution in [0.25, 0.3) is 0 Å². The van der Waals surface area contributed by atoms with Gasteiger partial charge in [0.15, 0.2) is 0 Å². The van der Waals surface area contributed by atoms with Gasteiger partial charge in [-0.3, -0.25) is 24.1 Å². The van der Waals surface area contributed by atoms with Crippen LogP contribution < -0.4 is 9.77 Å². The zero-order valence-corrected chi connectivity index (χ0v) is 19.7. The van der Waals surface area contributed by atoms with Crippen molar-refractivity contribution in [2.75, 3.05) is 25.5 Å². The normalized spacial score (nSPS) is 33.8. The van der Waals surface area contributed by atoms with E-state index < -0.39 is 24.3 Å². The molecular formula is C23H23N3O5S2. The minimum atomic E-state index is -1.17. The van der Waals surface area contributed by atoms with Crippen LogP contribution in [0.5, 0.6) is 0 Å². The Labute approximate surface area is 198 Å². The Kier molecular flexibility index (Phi) is 4.58. The number of carbonyl (C=O) groups is 3. The van der Waals surface area contributed by atoms with E-state index in [0.29, 0.717) is 0 Å². The van der Waals surface area contributed by atoms with Crippen LogP contribution in [0.2, 0.25) is 0 Å². The topological polar surface area (TPSA) is 111 Å². The van der Waals surface area contributed by atoms with Crippen LogP contribution in [0.3, 0.4) is 0 Å². The number of thioether (sulfide) groups is 1. The zero-order chi connectivity index (χ0) is 23.2. The first-order valence-electron chi connectivity index (χ1n) is 11.0. The number of likely N-dealkylation sites (tertiary alicyclic amines) is 1. The van der Waals surface area contributed by atoms with E-state index in [-0.39, 0.29) is 45.6 Å². The van der Waals surface area contributed by atoms with Gasteiger partial charge in [0.25, 0.3) is 0 Å². The number of carbonyl (C=O) groups excluding carboxylic acids is 2. The molecule has 6 rings (SSSR count). The van der Waals surface area contributed by atoms with Crippen molar-refractivity contribution in [1.82, 2.24) is 9.88 Å². The Hall–Kier alpha value is -2.59. The number of imide groups is 1. The van der Waals surface area contributed by atoms with Crippen LogP contribution in [-0.4, -0.2) is 58.7 Å². The number of fused-ring (bicyclic) bond motifs is 9. The first-order chi connectivity index (χ1) is 15.8. The van der Waals surface area contributed by atoms with E-state index in [1.165, 1.54) is 11.3 Å². The molecule has 0 radical (unpaired) electrons. The third-order valence-electron chi connectivity index (χ3n) is 7.88. The number of aromatic amines is 1. The van der Waals surface area contributed by atoms with Gasteiger partial charge in [-0.25, -0.2) is 0 Å². The van der Waals surface area contributed by atoms with Gasteiger partial charge >= 0.3 is 10.8 Å². The van der Waals surface area contributed by atoms with Crippen molar-refractivity contribution in [3.63, 3.8) is 0 Å². The SMILES string of the molecule is CN(C)c1ccc([C@@H]2c3sc(=O)[nH]c3S[C@@H]3[C@H]4C[C@@H]([C@@H]5C(=O)N(CC(=O)O)C(=O)[C@@H]45)[C@@H]23)cc1. The number of aromatic nitrogens is 1. The van der Waals surface area contributed by atoms with Gasteiger partial charge in [-0.15, -0.1) is 11.8 Å². The van der Waals surface area contributed by atoms with Gasteiger partial charge in [0.2, 0.25) is 11.8 Å². The third kappa shape index (κ3) is 2.89. The Bertz CT molecular complexity index is 1240. The van der Waals surface area contributed by atoms with Crippen LogP contribution in [0.15, 0.2) is 34.1 Å². The third-order valence-corrected chi connectivity index (χ3v) is 10.5. The highest BCUT2D eigenvalue weighted by atomic mass is 32.2. The summed E-state index contributed by atoms with van der Waals surface area (Å²) in [4.78, 5) is 56.7. The summed E-state index contributed by atoms with van der Waals surface area (Å²) in [7, 11) is 3.97. The van der Waals surface area contributed by atoms with Crippen LogP contribution in [-0.2, 0) is 14.4 Å². The maximum atomic E-state index is 13.2. The lowest BCUT2D eigenvalue weighted by molar-refractivity contribution is -0.149. The van der Waals surface area contributed by atoms with Crippen LogP contribution in [0.4, 0.5) is 5.69 Å². The van der Waals surface area contributed by atoms with E-state index in [1.54, 1.807) is 11.8 Å². The monoisotopic (exact) mass is 485 g/mol. The predicted octanol–water partition coefficient (Wildman–Crippen LogP) is 2.06. The number of aliphatic carboxylic acids is 1.